The molecule has 1 aliphatic rings. The third kappa shape index (κ3) is 4.11. The number of aromatic nitrogens is 2. The van der Waals surface area contributed by atoms with Crippen LogP contribution in [0.15, 0.2) is 41.3 Å². The molecule has 0 bridgehead atoms. The molecule has 0 atom stereocenters. The number of hydrogen-bond acceptors (Lipinski definition) is 6. The molecular weight excluding hydrogens is 318 g/mol. The Morgan fingerprint density at radius 3 is 2.68 bits per heavy atom. The van der Waals surface area contributed by atoms with E-state index in [-0.39, 0.29) is 5.56 Å². The number of aryl methyl sites for hydroxylation is 1. The molecular formula is C18H25N5O2. The molecule has 0 spiro atoms. The van der Waals surface area contributed by atoms with Gasteiger partial charge in [-0.05, 0) is 18.2 Å². The monoisotopic (exact) mass is 343 g/mol. The van der Waals surface area contributed by atoms with Gasteiger partial charge in [-0.15, -0.1) is 0 Å². The second-order valence-electron chi connectivity index (χ2n) is 6.10. The predicted molar refractivity (Wildman–Crippen MR) is 99.6 cm³/mol. The number of ether oxygens (including phenoxy) is 1. The molecule has 0 unspecified atom stereocenters. The Hall–Kier alpha value is -2.54. The normalized spacial score (nSPS) is 15.2. The lowest BCUT2D eigenvalue weighted by Crippen LogP contribution is -2.47. The Balaban J connectivity index is 1.48. The lowest BCUT2D eigenvalue weighted by atomic mass is 10.2. The van der Waals surface area contributed by atoms with Crippen LogP contribution in [-0.4, -0.2) is 61.1 Å². The van der Waals surface area contributed by atoms with Gasteiger partial charge < -0.3 is 15.0 Å². The summed E-state index contributed by atoms with van der Waals surface area (Å²) in [7, 11) is 3.37. The van der Waals surface area contributed by atoms with Crippen molar-refractivity contribution in [3.05, 3.63) is 46.9 Å². The van der Waals surface area contributed by atoms with E-state index in [9.17, 15) is 4.79 Å². The van der Waals surface area contributed by atoms with Crippen molar-refractivity contribution >= 4 is 11.4 Å². The number of rotatable bonds is 6. The molecule has 1 aromatic carbocycles. The Labute approximate surface area is 147 Å². The number of nitrogens with one attached hydrogen (secondary N) is 1. The van der Waals surface area contributed by atoms with E-state index in [4.69, 9.17) is 4.74 Å². The summed E-state index contributed by atoms with van der Waals surface area (Å²) in [4.78, 5) is 16.7. The van der Waals surface area contributed by atoms with Crippen LogP contribution in [0.25, 0.3) is 0 Å². The number of benzene rings is 1. The van der Waals surface area contributed by atoms with Crippen molar-refractivity contribution in [3.63, 3.8) is 0 Å². The van der Waals surface area contributed by atoms with E-state index in [0.717, 1.165) is 50.7 Å². The zero-order valence-electron chi connectivity index (χ0n) is 14.8. The smallest absolute Gasteiger partial charge is 0.289 e. The Kier molecular flexibility index (Phi) is 5.55. The van der Waals surface area contributed by atoms with Gasteiger partial charge in [-0.2, -0.15) is 5.10 Å². The van der Waals surface area contributed by atoms with E-state index in [1.54, 1.807) is 26.4 Å². The van der Waals surface area contributed by atoms with Gasteiger partial charge in [0, 0.05) is 52.5 Å². The molecule has 7 heteroatoms. The van der Waals surface area contributed by atoms with E-state index >= 15 is 0 Å². The minimum Gasteiger partial charge on any atom is -0.495 e. The second-order valence-corrected chi connectivity index (χ2v) is 6.10. The lowest BCUT2D eigenvalue weighted by molar-refractivity contribution is 0.266. The standard InChI is InChI=1S/C18H25N5O2/c1-21-18(24)15(7-8-20-21)19-9-10-22-11-13-23(14-12-22)16-5-3-4-6-17(16)25-2/h3-8,19H,9-14H2,1-2H3. The van der Waals surface area contributed by atoms with E-state index in [2.05, 4.69) is 26.3 Å². The molecule has 0 amide bonds. The van der Waals surface area contributed by atoms with Gasteiger partial charge in [0.05, 0.1) is 12.8 Å². The van der Waals surface area contributed by atoms with E-state index in [1.165, 1.54) is 4.68 Å². The van der Waals surface area contributed by atoms with Crippen molar-refractivity contribution in [2.45, 2.75) is 0 Å². The molecule has 134 valence electrons. The summed E-state index contributed by atoms with van der Waals surface area (Å²) in [5.41, 5.74) is 1.66. The zero-order valence-corrected chi connectivity index (χ0v) is 14.8. The first-order chi connectivity index (χ1) is 12.2. The quantitative estimate of drug-likeness (QED) is 0.845. The fraction of sp³-hybridized carbons (Fsp3) is 0.444. The van der Waals surface area contributed by atoms with Crippen LogP contribution in [0, 0.1) is 0 Å². The first-order valence-corrected chi connectivity index (χ1v) is 8.55. The van der Waals surface area contributed by atoms with Crippen molar-refractivity contribution in [1.29, 1.82) is 0 Å². The van der Waals surface area contributed by atoms with Gasteiger partial charge in [0.1, 0.15) is 11.4 Å². The summed E-state index contributed by atoms with van der Waals surface area (Å²) in [5.74, 6) is 0.922. The predicted octanol–water partition coefficient (Wildman–Crippen LogP) is 1.02. The number of hydrogen-bond donors (Lipinski definition) is 1. The van der Waals surface area contributed by atoms with Gasteiger partial charge in [-0.25, -0.2) is 4.68 Å². The topological polar surface area (TPSA) is 62.6 Å². The Morgan fingerprint density at radius 1 is 1.16 bits per heavy atom. The minimum atomic E-state index is -0.0940. The van der Waals surface area contributed by atoms with E-state index < -0.39 is 0 Å². The summed E-state index contributed by atoms with van der Waals surface area (Å²) in [6, 6.07) is 9.87. The highest BCUT2D eigenvalue weighted by atomic mass is 16.5. The maximum absolute atomic E-state index is 11.9. The van der Waals surface area contributed by atoms with Gasteiger partial charge in [0.2, 0.25) is 0 Å². The third-order valence-electron chi connectivity index (χ3n) is 4.55. The van der Waals surface area contributed by atoms with E-state index in [0.29, 0.717) is 5.69 Å². The lowest BCUT2D eigenvalue weighted by Gasteiger charge is -2.36. The Bertz CT molecular complexity index is 753. The molecule has 1 N–H and O–H groups in total. The first-order valence-electron chi connectivity index (χ1n) is 8.55. The summed E-state index contributed by atoms with van der Waals surface area (Å²) in [6.07, 6.45) is 1.63. The van der Waals surface area contributed by atoms with Crippen LogP contribution in [0.4, 0.5) is 11.4 Å². The first kappa shape index (κ1) is 17.3. The molecule has 0 saturated carbocycles. The molecule has 3 rings (SSSR count). The molecule has 1 aromatic heterocycles. The van der Waals surface area contributed by atoms with Crippen LogP contribution in [0.3, 0.4) is 0 Å². The molecule has 1 aliphatic heterocycles. The molecule has 1 fully saturated rings. The van der Waals surface area contributed by atoms with Gasteiger partial charge in [-0.1, -0.05) is 12.1 Å². The van der Waals surface area contributed by atoms with Crippen molar-refractivity contribution in [2.75, 3.05) is 56.6 Å². The average Bonchev–Trinajstić information content (AvgIpc) is 2.66. The number of piperazine rings is 1. The number of methoxy groups -OCH3 is 1. The third-order valence-corrected chi connectivity index (χ3v) is 4.55. The highest BCUT2D eigenvalue weighted by molar-refractivity contribution is 5.58. The Morgan fingerprint density at radius 2 is 1.92 bits per heavy atom. The van der Waals surface area contributed by atoms with Crippen molar-refractivity contribution in [1.82, 2.24) is 14.7 Å². The molecule has 1 saturated heterocycles. The fourth-order valence-electron chi connectivity index (χ4n) is 3.09. The second kappa shape index (κ2) is 8.02. The molecule has 2 aromatic rings. The van der Waals surface area contributed by atoms with Crippen LogP contribution < -0.4 is 20.5 Å². The van der Waals surface area contributed by atoms with Crippen molar-refractivity contribution in [3.8, 4) is 5.75 Å². The van der Waals surface area contributed by atoms with Gasteiger partial charge in [0.25, 0.3) is 5.56 Å². The van der Waals surface area contributed by atoms with Crippen LogP contribution in [0.2, 0.25) is 0 Å². The average molecular weight is 343 g/mol. The SMILES string of the molecule is COc1ccccc1N1CCN(CCNc2ccnn(C)c2=O)CC1. The summed E-state index contributed by atoms with van der Waals surface area (Å²) in [5, 5.41) is 7.14. The van der Waals surface area contributed by atoms with Gasteiger partial charge >= 0.3 is 0 Å². The van der Waals surface area contributed by atoms with Crippen LogP contribution in [-0.2, 0) is 7.05 Å². The number of anilines is 2. The summed E-state index contributed by atoms with van der Waals surface area (Å²) in [6.45, 7) is 5.58. The van der Waals surface area contributed by atoms with Crippen molar-refractivity contribution in [2.24, 2.45) is 7.05 Å². The summed E-state index contributed by atoms with van der Waals surface area (Å²) >= 11 is 0. The summed E-state index contributed by atoms with van der Waals surface area (Å²) < 4.78 is 6.80. The van der Waals surface area contributed by atoms with Crippen LogP contribution >= 0.6 is 0 Å². The molecule has 0 radical (unpaired) electrons. The maximum Gasteiger partial charge on any atom is 0.289 e. The highest BCUT2D eigenvalue weighted by Crippen LogP contribution is 2.28. The number of nitrogens with zero attached hydrogens (tertiary/aromatic N) is 4. The number of para-hydroxylation sites is 2. The van der Waals surface area contributed by atoms with Crippen LogP contribution in [0.5, 0.6) is 5.75 Å². The molecule has 25 heavy (non-hydrogen) atoms. The van der Waals surface area contributed by atoms with Crippen LogP contribution in [0.1, 0.15) is 0 Å². The highest BCUT2D eigenvalue weighted by Gasteiger charge is 2.19. The minimum absolute atomic E-state index is 0.0940. The molecule has 7 nitrogen and oxygen atoms in total. The van der Waals surface area contributed by atoms with Gasteiger partial charge in [-0.3, -0.25) is 9.69 Å². The maximum atomic E-state index is 11.9. The van der Waals surface area contributed by atoms with Gasteiger partial charge in [0.15, 0.2) is 0 Å². The zero-order chi connectivity index (χ0) is 17.6. The molecule has 0 aliphatic carbocycles. The van der Waals surface area contributed by atoms with E-state index in [1.807, 2.05) is 18.2 Å². The molecule has 2 heterocycles. The largest absolute Gasteiger partial charge is 0.495 e. The fourth-order valence-corrected chi connectivity index (χ4v) is 3.09. The van der Waals surface area contributed by atoms with Crippen molar-refractivity contribution < 1.29 is 4.74 Å².